The summed E-state index contributed by atoms with van der Waals surface area (Å²) in [5, 5.41) is 8.80. The van der Waals surface area contributed by atoms with Crippen LogP contribution >= 0.6 is 11.6 Å². The Hall–Kier alpha value is -0.580. The summed E-state index contributed by atoms with van der Waals surface area (Å²) in [5.74, 6) is 0. The largest absolute Gasteiger partial charge is 0.377 e. The standard InChI is InChI=1S/C16H30ClN3O/c1-7-10-18-14(16(8-2,9-3)21-6)11-13-12(4)19-20(5)15(13)17/h14,18H,7-11H2,1-6H3. The Labute approximate surface area is 134 Å². The van der Waals surface area contributed by atoms with E-state index < -0.39 is 0 Å². The minimum atomic E-state index is -0.166. The Morgan fingerprint density at radius 2 is 1.95 bits per heavy atom. The van der Waals surface area contributed by atoms with Gasteiger partial charge in [-0.05, 0) is 39.2 Å². The van der Waals surface area contributed by atoms with Crippen molar-refractivity contribution < 1.29 is 4.74 Å². The molecule has 0 amide bonds. The second-order valence-electron chi connectivity index (χ2n) is 5.67. The summed E-state index contributed by atoms with van der Waals surface area (Å²) in [7, 11) is 3.70. The van der Waals surface area contributed by atoms with Gasteiger partial charge in [-0.15, -0.1) is 0 Å². The maximum atomic E-state index is 6.40. The van der Waals surface area contributed by atoms with E-state index in [1.807, 2.05) is 21.1 Å². The SMILES string of the molecule is CCCNC(Cc1c(C)nn(C)c1Cl)C(CC)(CC)OC. The van der Waals surface area contributed by atoms with Gasteiger partial charge in [0.15, 0.2) is 0 Å². The first-order valence-corrected chi connectivity index (χ1v) is 8.29. The Kier molecular flexibility index (Phi) is 7.17. The summed E-state index contributed by atoms with van der Waals surface area (Å²) >= 11 is 6.40. The number of hydrogen-bond donors (Lipinski definition) is 1. The van der Waals surface area contributed by atoms with Crippen LogP contribution in [0.15, 0.2) is 0 Å². The lowest BCUT2D eigenvalue weighted by atomic mass is 9.84. The molecule has 5 heteroatoms. The molecule has 1 N–H and O–H groups in total. The van der Waals surface area contributed by atoms with E-state index in [0.29, 0.717) is 0 Å². The highest BCUT2D eigenvalue weighted by Crippen LogP contribution is 2.29. The molecule has 1 heterocycles. The zero-order chi connectivity index (χ0) is 16.0. The fourth-order valence-electron chi connectivity index (χ4n) is 3.05. The molecule has 21 heavy (non-hydrogen) atoms. The molecule has 0 saturated carbocycles. The normalized spacial score (nSPS) is 13.7. The first kappa shape index (κ1) is 18.5. The maximum Gasteiger partial charge on any atom is 0.130 e. The number of nitrogens with one attached hydrogen (secondary N) is 1. The first-order valence-electron chi connectivity index (χ1n) is 7.92. The molecule has 4 nitrogen and oxygen atoms in total. The van der Waals surface area contributed by atoms with Gasteiger partial charge in [0.2, 0.25) is 0 Å². The van der Waals surface area contributed by atoms with Crippen molar-refractivity contribution in [1.29, 1.82) is 0 Å². The third kappa shape index (κ3) is 3.99. The van der Waals surface area contributed by atoms with Crippen molar-refractivity contribution in [1.82, 2.24) is 15.1 Å². The molecule has 0 aliphatic rings. The van der Waals surface area contributed by atoms with Crippen LogP contribution in [0, 0.1) is 6.92 Å². The van der Waals surface area contributed by atoms with Crippen molar-refractivity contribution in [3.63, 3.8) is 0 Å². The molecular weight excluding hydrogens is 286 g/mol. The molecule has 122 valence electrons. The molecule has 0 bridgehead atoms. The predicted octanol–water partition coefficient (Wildman–Crippen LogP) is 3.50. The van der Waals surface area contributed by atoms with Gasteiger partial charge in [-0.25, -0.2) is 0 Å². The van der Waals surface area contributed by atoms with Crippen molar-refractivity contribution in [2.75, 3.05) is 13.7 Å². The van der Waals surface area contributed by atoms with Crippen LogP contribution in [0.1, 0.15) is 51.3 Å². The molecule has 1 unspecified atom stereocenters. The fraction of sp³-hybridized carbons (Fsp3) is 0.812. The second-order valence-corrected chi connectivity index (χ2v) is 6.02. The molecule has 1 rings (SSSR count). The fourth-order valence-corrected chi connectivity index (χ4v) is 3.30. The molecule has 0 aromatic carbocycles. The van der Waals surface area contributed by atoms with Crippen LogP contribution in [0.25, 0.3) is 0 Å². The lowest BCUT2D eigenvalue weighted by molar-refractivity contribution is -0.0472. The van der Waals surface area contributed by atoms with Crippen LogP contribution < -0.4 is 5.32 Å². The number of hydrogen-bond acceptors (Lipinski definition) is 3. The van der Waals surface area contributed by atoms with Gasteiger partial charge in [0.1, 0.15) is 5.15 Å². The summed E-state index contributed by atoms with van der Waals surface area (Å²) in [6.45, 7) is 9.55. The smallest absolute Gasteiger partial charge is 0.130 e. The Balaban J connectivity index is 3.07. The van der Waals surface area contributed by atoms with Gasteiger partial charge in [-0.2, -0.15) is 5.10 Å². The molecule has 1 aromatic rings. The van der Waals surface area contributed by atoms with Crippen LogP contribution in [0.4, 0.5) is 0 Å². The number of aromatic nitrogens is 2. The van der Waals surface area contributed by atoms with Crippen molar-refractivity contribution in [3.05, 3.63) is 16.4 Å². The van der Waals surface area contributed by atoms with Gasteiger partial charge >= 0.3 is 0 Å². The number of ether oxygens (including phenoxy) is 1. The monoisotopic (exact) mass is 315 g/mol. The molecule has 0 fully saturated rings. The molecule has 1 atom stereocenters. The van der Waals surface area contributed by atoms with Crippen molar-refractivity contribution >= 4 is 11.6 Å². The minimum absolute atomic E-state index is 0.166. The first-order chi connectivity index (χ1) is 9.95. The average molecular weight is 316 g/mol. The summed E-state index contributed by atoms with van der Waals surface area (Å²) in [6.07, 6.45) is 3.88. The van der Waals surface area contributed by atoms with E-state index in [9.17, 15) is 0 Å². The van der Waals surface area contributed by atoms with Crippen LogP contribution in [-0.2, 0) is 18.2 Å². The van der Waals surface area contributed by atoms with E-state index in [2.05, 4.69) is 31.2 Å². The van der Waals surface area contributed by atoms with Crippen LogP contribution in [0.3, 0.4) is 0 Å². The number of methoxy groups -OCH3 is 1. The minimum Gasteiger partial charge on any atom is -0.377 e. The topological polar surface area (TPSA) is 39.1 Å². The molecule has 0 aliphatic heterocycles. The molecule has 0 aliphatic carbocycles. The van der Waals surface area contributed by atoms with Crippen molar-refractivity contribution in [2.45, 2.75) is 65.0 Å². The predicted molar refractivity (Wildman–Crippen MR) is 89.1 cm³/mol. The van der Waals surface area contributed by atoms with E-state index >= 15 is 0 Å². The molecule has 0 spiro atoms. The number of aryl methyl sites for hydroxylation is 2. The van der Waals surface area contributed by atoms with Crippen LogP contribution in [-0.4, -0.2) is 35.1 Å². The Morgan fingerprint density at radius 3 is 2.33 bits per heavy atom. The van der Waals surface area contributed by atoms with Gasteiger partial charge < -0.3 is 10.1 Å². The Bertz CT molecular complexity index is 433. The number of halogens is 1. The maximum absolute atomic E-state index is 6.40. The number of nitrogens with zero attached hydrogens (tertiary/aromatic N) is 2. The highest BCUT2D eigenvalue weighted by Gasteiger charge is 2.36. The highest BCUT2D eigenvalue weighted by atomic mass is 35.5. The van der Waals surface area contributed by atoms with E-state index in [1.54, 1.807) is 4.68 Å². The molecule has 1 aromatic heterocycles. The highest BCUT2D eigenvalue weighted by molar-refractivity contribution is 6.30. The second kappa shape index (κ2) is 8.16. The summed E-state index contributed by atoms with van der Waals surface area (Å²) < 4.78 is 7.67. The summed E-state index contributed by atoms with van der Waals surface area (Å²) in [5.41, 5.74) is 1.96. The zero-order valence-electron chi connectivity index (χ0n) is 14.3. The third-order valence-electron chi connectivity index (χ3n) is 4.56. The zero-order valence-corrected chi connectivity index (χ0v) is 15.0. The van der Waals surface area contributed by atoms with Crippen LogP contribution in [0.5, 0.6) is 0 Å². The third-order valence-corrected chi connectivity index (χ3v) is 5.03. The van der Waals surface area contributed by atoms with E-state index in [1.165, 1.54) is 0 Å². The summed E-state index contributed by atoms with van der Waals surface area (Å²) in [4.78, 5) is 0. The van der Waals surface area contributed by atoms with E-state index in [-0.39, 0.29) is 11.6 Å². The Morgan fingerprint density at radius 1 is 1.33 bits per heavy atom. The van der Waals surface area contributed by atoms with E-state index in [4.69, 9.17) is 16.3 Å². The number of rotatable bonds is 9. The molecule has 0 radical (unpaired) electrons. The van der Waals surface area contributed by atoms with Crippen molar-refractivity contribution in [2.24, 2.45) is 7.05 Å². The van der Waals surface area contributed by atoms with Gasteiger partial charge in [0, 0.05) is 25.8 Å². The van der Waals surface area contributed by atoms with Gasteiger partial charge in [-0.3, -0.25) is 4.68 Å². The molecule has 0 saturated heterocycles. The quantitative estimate of drug-likeness (QED) is 0.758. The average Bonchev–Trinajstić information content (AvgIpc) is 2.72. The van der Waals surface area contributed by atoms with Gasteiger partial charge in [0.05, 0.1) is 11.3 Å². The summed E-state index contributed by atoms with van der Waals surface area (Å²) in [6, 6.07) is 0.234. The van der Waals surface area contributed by atoms with Crippen LogP contribution in [0.2, 0.25) is 5.15 Å². The lowest BCUT2D eigenvalue weighted by Gasteiger charge is -2.39. The van der Waals surface area contributed by atoms with Crippen molar-refractivity contribution in [3.8, 4) is 0 Å². The van der Waals surface area contributed by atoms with Gasteiger partial charge in [0.25, 0.3) is 0 Å². The van der Waals surface area contributed by atoms with E-state index in [0.717, 1.165) is 48.6 Å². The molecular formula is C16H30ClN3O. The lowest BCUT2D eigenvalue weighted by Crippen LogP contribution is -2.53. The van der Waals surface area contributed by atoms with Gasteiger partial charge in [-0.1, -0.05) is 32.4 Å².